The molecule has 0 radical (unpaired) electrons. The molecule has 7 nitrogen and oxygen atoms in total. The van der Waals surface area contributed by atoms with Crippen LogP contribution in [0, 0.1) is 0 Å². The van der Waals surface area contributed by atoms with Gasteiger partial charge in [0.1, 0.15) is 5.75 Å². The van der Waals surface area contributed by atoms with Crippen molar-refractivity contribution in [3.63, 3.8) is 0 Å². The van der Waals surface area contributed by atoms with Gasteiger partial charge in [0.25, 0.3) is 5.91 Å². The third-order valence-electron chi connectivity index (χ3n) is 6.10. The summed E-state index contributed by atoms with van der Waals surface area (Å²) in [5.74, 6) is 0.385. The Morgan fingerprint density at radius 3 is 2.55 bits per heavy atom. The highest BCUT2D eigenvalue weighted by molar-refractivity contribution is 6.06. The van der Waals surface area contributed by atoms with Crippen LogP contribution in [-0.2, 0) is 0 Å². The highest BCUT2D eigenvalue weighted by atomic mass is 16.5. The summed E-state index contributed by atoms with van der Waals surface area (Å²) in [6.45, 7) is 3.38. The molecule has 0 aliphatic carbocycles. The Bertz CT molecular complexity index is 1270. The number of amides is 3. The fraction of sp³-hybridized carbons (Fsp3) is 0.192. The third-order valence-corrected chi connectivity index (χ3v) is 6.10. The molecule has 2 aliphatic heterocycles. The molecular weight excluding hydrogens is 418 g/mol. The minimum absolute atomic E-state index is 0.0383. The number of fused-ring (bicyclic) bond motifs is 4. The molecule has 166 valence electrons. The SMILES string of the molecule is CC(=O)c1ccc(NC(=O)c2cccc(N3C(=O)NC4CC3(C)Oc3ccccc34)c2)cc1. The van der Waals surface area contributed by atoms with Gasteiger partial charge in [-0.2, -0.15) is 0 Å². The molecule has 1 fully saturated rings. The second-order valence-electron chi connectivity index (χ2n) is 8.49. The lowest BCUT2D eigenvalue weighted by molar-refractivity contribution is 0.0378. The van der Waals surface area contributed by atoms with Gasteiger partial charge in [-0.3, -0.25) is 14.5 Å². The maximum atomic E-state index is 13.1. The summed E-state index contributed by atoms with van der Waals surface area (Å²) in [4.78, 5) is 39.0. The van der Waals surface area contributed by atoms with Crippen LogP contribution in [0.5, 0.6) is 5.75 Å². The van der Waals surface area contributed by atoms with E-state index in [1.807, 2.05) is 31.2 Å². The first kappa shape index (κ1) is 20.8. The second-order valence-corrected chi connectivity index (χ2v) is 8.49. The number of carbonyl (C=O) groups excluding carboxylic acids is 3. The zero-order valence-corrected chi connectivity index (χ0v) is 18.3. The van der Waals surface area contributed by atoms with Crippen LogP contribution in [-0.4, -0.2) is 23.4 Å². The van der Waals surface area contributed by atoms with E-state index in [0.29, 0.717) is 28.9 Å². The van der Waals surface area contributed by atoms with Crippen LogP contribution in [0.3, 0.4) is 0 Å². The van der Waals surface area contributed by atoms with Crippen LogP contribution in [0.2, 0.25) is 0 Å². The number of benzene rings is 3. The number of ketones is 1. The molecule has 2 bridgehead atoms. The number of hydrogen-bond acceptors (Lipinski definition) is 4. The number of Topliss-reactive ketones (excluding diaryl/α,β-unsaturated/α-hetero) is 1. The van der Waals surface area contributed by atoms with Gasteiger partial charge in [0, 0.05) is 28.8 Å². The molecule has 0 spiro atoms. The molecule has 7 heteroatoms. The predicted molar refractivity (Wildman–Crippen MR) is 125 cm³/mol. The molecule has 2 atom stereocenters. The largest absolute Gasteiger partial charge is 0.467 e. The van der Waals surface area contributed by atoms with Crippen LogP contribution < -0.4 is 20.3 Å². The predicted octanol–water partition coefficient (Wildman–Crippen LogP) is 4.91. The fourth-order valence-electron chi connectivity index (χ4n) is 4.49. The Hall–Kier alpha value is -4.13. The summed E-state index contributed by atoms with van der Waals surface area (Å²) in [7, 11) is 0. The minimum Gasteiger partial charge on any atom is -0.467 e. The van der Waals surface area contributed by atoms with E-state index in [9.17, 15) is 14.4 Å². The molecule has 0 aromatic heterocycles. The topological polar surface area (TPSA) is 87.7 Å². The number of nitrogens with zero attached hydrogens (tertiary/aromatic N) is 1. The van der Waals surface area contributed by atoms with Crippen LogP contribution in [0.4, 0.5) is 16.2 Å². The summed E-state index contributed by atoms with van der Waals surface area (Å²) >= 11 is 0. The van der Waals surface area contributed by atoms with Gasteiger partial charge in [0.2, 0.25) is 0 Å². The Morgan fingerprint density at radius 1 is 1.03 bits per heavy atom. The number of carbonyl (C=O) groups is 3. The third kappa shape index (κ3) is 3.71. The van der Waals surface area contributed by atoms with Crippen LogP contribution in [0.1, 0.15) is 52.6 Å². The summed E-state index contributed by atoms with van der Waals surface area (Å²) < 4.78 is 6.29. The molecule has 2 aliphatic rings. The van der Waals surface area contributed by atoms with Gasteiger partial charge in [-0.1, -0.05) is 24.3 Å². The van der Waals surface area contributed by atoms with E-state index in [0.717, 1.165) is 11.3 Å². The molecule has 2 unspecified atom stereocenters. The van der Waals surface area contributed by atoms with Crippen molar-refractivity contribution < 1.29 is 19.1 Å². The monoisotopic (exact) mass is 441 g/mol. The van der Waals surface area contributed by atoms with Gasteiger partial charge in [0.05, 0.1) is 11.7 Å². The van der Waals surface area contributed by atoms with E-state index in [4.69, 9.17) is 4.74 Å². The second kappa shape index (κ2) is 7.78. The Balaban J connectivity index is 1.41. The molecule has 33 heavy (non-hydrogen) atoms. The molecule has 3 amide bonds. The Morgan fingerprint density at radius 2 is 1.79 bits per heavy atom. The van der Waals surface area contributed by atoms with Gasteiger partial charge in [-0.25, -0.2) is 4.79 Å². The van der Waals surface area contributed by atoms with Gasteiger partial charge in [-0.15, -0.1) is 0 Å². The number of rotatable bonds is 4. The number of nitrogens with one attached hydrogen (secondary N) is 2. The Kier molecular flexibility index (Phi) is 4.89. The van der Waals surface area contributed by atoms with Gasteiger partial charge in [0.15, 0.2) is 11.5 Å². The average Bonchev–Trinajstić information content (AvgIpc) is 2.79. The van der Waals surface area contributed by atoms with Crippen LogP contribution in [0.15, 0.2) is 72.8 Å². The normalized spacial score (nSPS) is 20.8. The first-order valence-electron chi connectivity index (χ1n) is 10.8. The van der Waals surface area contributed by atoms with Crippen molar-refractivity contribution in [3.05, 3.63) is 89.5 Å². The van der Waals surface area contributed by atoms with E-state index in [2.05, 4.69) is 10.6 Å². The molecule has 2 heterocycles. The average molecular weight is 441 g/mol. The van der Waals surface area contributed by atoms with Gasteiger partial charge >= 0.3 is 6.03 Å². The van der Waals surface area contributed by atoms with E-state index in [1.54, 1.807) is 53.4 Å². The van der Waals surface area contributed by atoms with E-state index in [1.165, 1.54) is 6.92 Å². The summed E-state index contributed by atoms with van der Waals surface area (Å²) in [5, 5.41) is 5.89. The van der Waals surface area contributed by atoms with Crippen molar-refractivity contribution in [2.24, 2.45) is 0 Å². The lowest BCUT2D eigenvalue weighted by atomic mass is 9.90. The van der Waals surface area contributed by atoms with E-state index in [-0.39, 0.29) is 23.8 Å². The Labute approximate surface area is 191 Å². The summed E-state index contributed by atoms with van der Waals surface area (Å²) in [5.41, 5.74) is 2.19. The number of ether oxygens (including phenoxy) is 1. The van der Waals surface area contributed by atoms with E-state index < -0.39 is 5.72 Å². The van der Waals surface area contributed by atoms with Crippen molar-refractivity contribution in [2.75, 3.05) is 10.2 Å². The van der Waals surface area contributed by atoms with Crippen molar-refractivity contribution in [2.45, 2.75) is 32.0 Å². The number of anilines is 2. The molecule has 3 aromatic carbocycles. The lowest BCUT2D eigenvalue weighted by Gasteiger charge is -2.50. The molecule has 5 rings (SSSR count). The first-order chi connectivity index (χ1) is 15.8. The van der Waals surface area contributed by atoms with Crippen LogP contribution in [0.25, 0.3) is 0 Å². The number of urea groups is 1. The fourth-order valence-corrected chi connectivity index (χ4v) is 4.49. The van der Waals surface area contributed by atoms with Crippen molar-refractivity contribution in [1.29, 1.82) is 0 Å². The smallest absolute Gasteiger partial charge is 0.325 e. The maximum Gasteiger partial charge on any atom is 0.325 e. The highest BCUT2D eigenvalue weighted by Crippen LogP contribution is 2.45. The maximum absolute atomic E-state index is 13.1. The van der Waals surface area contributed by atoms with Gasteiger partial charge in [-0.05, 0) is 62.4 Å². The van der Waals surface area contributed by atoms with Crippen molar-refractivity contribution >= 4 is 29.1 Å². The van der Waals surface area contributed by atoms with Crippen LogP contribution >= 0.6 is 0 Å². The molecule has 0 saturated carbocycles. The molecule has 2 N–H and O–H groups in total. The van der Waals surface area contributed by atoms with E-state index >= 15 is 0 Å². The minimum atomic E-state index is -0.890. The number of para-hydroxylation sites is 1. The van der Waals surface area contributed by atoms with Crippen molar-refractivity contribution in [1.82, 2.24) is 5.32 Å². The summed E-state index contributed by atoms with van der Waals surface area (Å²) in [6.07, 6.45) is 0.578. The number of hydrogen-bond donors (Lipinski definition) is 2. The molecule has 1 saturated heterocycles. The zero-order chi connectivity index (χ0) is 23.2. The standard InChI is InChI=1S/C26H23N3O4/c1-16(30)17-10-12-19(13-11-17)27-24(31)18-6-5-7-20(14-18)29-25(32)28-22-15-26(29,2)33-23-9-4-3-8-21(22)23/h3-14,22H,15H2,1-2H3,(H,27,31)(H,28,32). The summed E-state index contributed by atoms with van der Waals surface area (Å²) in [6, 6.07) is 20.9. The molecule has 3 aromatic rings. The lowest BCUT2D eigenvalue weighted by Crippen LogP contribution is -2.65. The zero-order valence-electron chi connectivity index (χ0n) is 18.3. The quantitative estimate of drug-likeness (QED) is 0.563. The highest BCUT2D eigenvalue weighted by Gasteiger charge is 2.49. The van der Waals surface area contributed by atoms with Gasteiger partial charge < -0.3 is 15.4 Å². The first-order valence-corrected chi connectivity index (χ1v) is 10.8. The molecular formula is C26H23N3O4. The van der Waals surface area contributed by atoms with Crippen molar-refractivity contribution in [3.8, 4) is 5.75 Å².